The molecule has 3 heterocycles. The third-order valence-corrected chi connectivity index (χ3v) is 4.30. The van der Waals surface area contributed by atoms with Crippen LogP contribution in [0.2, 0.25) is 0 Å². The zero-order chi connectivity index (χ0) is 18.8. The summed E-state index contributed by atoms with van der Waals surface area (Å²) in [4.78, 5) is 8.62. The van der Waals surface area contributed by atoms with Gasteiger partial charge in [-0.3, -0.25) is 0 Å². The Bertz CT molecular complexity index is 1120. The largest absolute Gasteiger partial charge is 0.350 e. The van der Waals surface area contributed by atoms with E-state index < -0.39 is 0 Å². The zero-order valence-corrected chi connectivity index (χ0v) is 15.0. The molecule has 8 nitrogen and oxygen atoms in total. The molecular weight excluding hydrogens is 340 g/mol. The second kappa shape index (κ2) is 6.88. The average molecular weight is 358 g/mol. The van der Waals surface area contributed by atoms with Gasteiger partial charge < -0.3 is 5.32 Å². The number of fused-ring (bicyclic) bond motifs is 1. The van der Waals surface area contributed by atoms with Crippen molar-refractivity contribution in [2.45, 2.75) is 26.3 Å². The minimum absolute atomic E-state index is 0.118. The van der Waals surface area contributed by atoms with Crippen LogP contribution in [0.3, 0.4) is 0 Å². The van der Waals surface area contributed by atoms with Gasteiger partial charge in [0.05, 0.1) is 11.9 Å². The summed E-state index contributed by atoms with van der Waals surface area (Å²) in [7, 11) is 0. The van der Waals surface area contributed by atoms with E-state index in [1.54, 1.807) is 16.9 Å². The van der Waals surface area contributed by atoms with Crippen LogP contribution in [0.5, 0.6) is 0 Å². The maximum Gasteiger partial charge on any atom is 0.237 e. The molecule has 0 radical (unpaired) electrons. The van der Waals surface area contributed by atoms with Crippen molar-refractivity contribution >= 4 is 11.6 Å². The highest BCUT2D eigenvalue weighted by atomic mass is 15.3. The summed E-state index contributed by atoms with van der Waals surface area (Å²) >= 11 is 0. The third-order valence-electron chi connectivity index (χ3n) is 4.30. The quantitative estimate of drug-likeness (QED) is 0.589. The highest BCUT2D eigenvalue weighted by Crippen LogP contribution is 2.21. The summed E-state index contributed by atoms with van der Waals surface area (Å²) < 4.78 is 3.46. The fourth-order valence-electron chi connectivity index (χ4n) is 2.94. The Balaban J connectivity index is 1.70. The van der Waals surface area contributed by atoms with Gasteiger partial charge in [0.2, 0.25) is 11.8 Å². The molecule has 0 atom stereocenters. The minimum Gasteiger partial charge on any atom is -0.350 e. The van der Waals surface area contributed by atoms with Crippen molar-refractivity contribution in [3.63, 3.8) is 0 Å². The molecule has 0 saturated heterocycles. The second-order valence-corrected chi connectivity index (χ2v) is 6.41. The van der Waals surface area contributed by atoms with Crippen molar-refractivity contribution in [1.29, 1.82) is 5.26 Å². The molecule has 4 rings (SSSR count). The van der Waals surface area contributed by atoms with Crippen molar-refractivity contribution < 1.29 is 0 Å². The summed E-state index contributed by atoms with van der Waals surface area (Å²) in [5, 5.41) is 21.3. The van der Waals surface area contributed by atoms with Crippen LogP contribution < -0.4 is 5.32 Å². The molecule has 8 heteroatoms. The SMILES string of the molecule is CC(C)c1cnn2c(NCc3ccccc3-n3cccn3)nc(C#N)nc12. The van der Waals surface area contributed by atoms with Gasteiger partial charge in [0.15, 0.2) is 5.65 Å². The Kier molecular flexibility index (Phi) is 4.26. The monoisotopic (exact) mass is 358 g/mol. The van der Waals surface area contributed by atoms with E-state index in [0.717, 1.165) is 16.8 Å². The number of aromatic nitrogens is 6. The van der Waals surface area contributed by atoms with E-state index in [2.05, 4.69) is 39.3 Å². The highest BCUT2D eigenvalue weighted by Gasteiger charge is 2.15. The van der Waals surface area contributed by atoms with E-state index >= 15 is 0 Å². The van der Waals surface area contributed by atoms with Gasteiger partial charge in [-0.05, 0) is 23.6 Å². The summed E-state index contributed by atoms with van der Waals surface area (Å²) in [6.07, 6.45) is 5.42. The van der Waals surface area contributed by atoms with E-state index in [-0.39, 0.29) is 11.7 Å². The number of para-hydroxylation sites is 1. The number of rotatable bonds is 5. The lowest BCUT2D eigenvalue weighted by Crippen LogP contribution is -2.12. The number of nitrogens with zero attached hydrogens (tertiary/aromatic N) is 7. The average Bonchev–Trinajstić information content (AvgIpc) is 3.36. The Labute approximate surface area is 156 Å². The lowest BCUT2D eigenvalue weighted by atomic mass is 10.1. The second-order valence-electron chi connectivity index (χ2n) is 6.41. The van der Waals surface area contributed by atoms with E-state index in [9.17, 15) is 5.26 Å². The van der Waals surface area contributed by atoms with Crippen molar-refractivity contribution in [3.8, 4) is 11.8 Å². The van der Waals surface area contributed by atoms with Gasteiger partial charge in [-0.25, -0.2) is 4.68 Å². The first-order valence-electron chi connectivity index (χ1n) is 8.65. The maximum atomic E-state index is 9.30. The Hall–Kier alpha value is -3.73. The molecular formula is C19H18N8. The molecule has 1 N–H and O–H groups in total. The fraction of sp³-hybridized carbons (Fsp3) is 0.211. The smallest absolute Gasteiger partial charge is 0.237 e. The van der Waals surface area contributed by atoms with Gasteiger partial charge in [0, 0.05) is 24.5 Å². The van der Waals surface area contributed by atoms with Gasteiger partial charge >= 0.3 is 0 Å². The fourth-order valence-corrected chi connectivity index (χ4v) is 2.94. The molecule has 0 aliphatic carbocycles. The van der Waals surface area contributed by atoms with Crippen LogP contribution >= 0.6 is 0 Å². The van der Waals surface area contributed by atoms with Crippen LogP contribution in [-0.4, -0.2) is 29.4 Å². The van der Waals surface area contributed by atoms with Crippen molar-refractivity contribution in [3.05, 3.63) is 65.9 Å². The first-order valence-corrected chi connectivity index (χ1v) is 8.65. The molecule has 0 bridgehead atoms. The van der Waals surface area contributed by atoms with E-state index in [1.165, 1.54) is 0 Å². The van der Waals surface area contributed by atoms with Crippen LogP contribution in [0.25, 0.3) is 11.3 Å². The van der Waals surface area contributed by atoms with E-state index in [0.29, 0.717) is 18.1 Å². The Morgan fingerprint density at radius 1 is 1.15 bits per heavy atom. The van der Waals surface area contributed by atoms with Gasteiger partial charge in [-0.2, -0.15) is 29.9 Å². The molecule has 134 valence electrons. The van der Waals surface area contributed by atoms with E-state index in [1.807, 2.05) is 47.3 Å². The van der Waals surface area contributed by atoms with Crippen LogP contribution in [-0.2, 0) is 6.54 Å². The normalized spacial score (nSPS) is 11.0. The zero-order valence-electron chi connectivity index (χ0n) is 15.0. The van der Waals surface area contributed by atoms with Crippen molar-refractivity contribution in [1.82, 2.24) is 29.4 Å². The standard InChI is InChI=1S/C19H18N8/c1-13(2)15-12-23-27-18(15)24-17(10-20)25-19(27)21-11-14-6-3-4-7-16(14)26-9-5-8-22-26/h3-9,12-13H,11H2,1-2H3,(H,21,24,25). The summed E-state index contributed by atoms with van der Waals surface area (Å²) in [5.74, 6) is 0.851. The summed E-state index contributed by atoms with van der Waals surface area (Å²) in [5.41, 5.74) is 3.65. The molecule has 0 saturated carbocycles. The molecule has 0 amide bonds. The predicted octanol–water partition coefficient (Wildman–Crippen LogP) is 2.92. The number of benzene rings is 1. The molecule has 3 aromatic heterocycles. The van der Waals surface area contributed by atoms with Crippen LogP contribution in [0, 0.1) is 11.3 Å². The molecule has 0 aliphatic heterocycles. The Morgan fingerprint density at radius 2 is 2.00 bits per heavy atom. The number of anilines is 1. The van der Waals surface area contributed by atoms with Gasteiger partial charge in [-0.1, -0.05) is 32.0 Å². The number of nitriles is 1. The predicted molar refractivity (Wildman–Crippen MR) is 100 cm³/mol. The number of hydrogen-bond acceptors (Lipinski definition) is 6. The summed E-state index contributed by atoms with van der Waals surface area (Å²) in [6, 6.07) is 11.9. The number of nitrogens with one attached hydrogen (secondary N) is 1. The topological polar surface area (TPSA) is 96.7 Å². The highest BCUT2D eigenvalue weighted by molar-refractivity contribution is 5.53. The molecule has 0 spiro atoms. The first-order chi connectivity index (χ1) is 13.2. The molecule has 0 fully saturated rings. The van der Waals surface area contributed by atoms with Gasteiger partial charge in [0.1, 0.15) is 6.07 Å². The molecule has 4 aromatic rings. The van der Waals surface area contributed by atoms with Crippen molar-refractivity contribution in [2.24, 2.45) is 0 Å². The molecule has 27 heavy (non-hydrogen) atoms. The molecule has 1 aromatic carbocycles. The maximum absolute atomic E-state index is 9.30. The third kappa shape index (κ3) is 3.11. The lowest BCUT2D eigenvalue weighted by Gasteiger charge is -2.12. The van der Waals surface area contributed by atoms with Gasteiger partial charge in [0.25, 0.3) is 0 Å². The molecule has 0 aliphatic rings. The molecule has 0 unspecified atom stereocenters. The van der Waals surface area contributed by atoms with E-state index in [4.69, 9.17) is 0 Å². The lowest BCUT2D eigenvalue weighted by molar-refractivity contribution is 0.847. The first kappa shape index (κ1) is 16.7. The van der Waals surface area contributed by atoms with Crippen molar-refractivity contribution in [2.75, 3.05) is 5.32 Å². The van der Waals surface area contributed by atoms with Crippen LogP contribution in [0.15, 0.2) is 48.9 Å². The van der Waals surface area contributed by atoms with Crippen LogP contribution in [0.4, 0.5) is 5.95 Å². The Morgan fingerprint density at radius 3 is 2.74 bits per heavy atom. The summed E-state index contributed by atoms with van der Waals surface area (Å²) in [6.45, 7) is 4.64. The van der Waals surface area contributed by atoms with Gasteiger partial charge in [-0.15, -0.1) is 0 Å². The minimum atomic E-state index is 0.118. The number of hydrogen-bond donors (Lipinski definition) is 1. The van der Waals surface area contributed by atoms with Crippen LogP contribution in [0.1, 0.15) is 36.7 Å².